The number of carbonyl (C=O) groups is 1. The highest BCUT2D eigenvalue weighted by Gasteiger charge is 2.25. The summed E-state index contributed by atoms with van der Waals surface area (Å²) in [6, 6.07) is 8.95. The van der Waals surface area contributed by atoms with Crippen molar-refractivity contribution in [1.82, 2.24) is 9.88 Å². The molecule has 3 rings (SSSR count). The number of aryl methyl sites for hydroxylation is 1. The van der Waals surface area contributed by atoms with Gasteiger partial charge in [-0.1, -0.05) is 6.07 Å². The van der Waals surface area contributed by atoms with Gasteiger partial charge in [0.1, 0.15) is 11.5 Å². The van der Waals surface area contributed by atoms with Gasteiger partial charge in [-0.25, -0.2) is 0 Å². The third-order valence-electron chi connectivity index (χ3n) is 3.76. The van der Waals surface area contributed by atoms with Crippen LogP contribution in [0.1, 0.15) is 22.3 Å². The van der Waals surface area contributed by atoms with Gasteiger partial charge in [0.05, 0.1) is 6.10 Å². The zero-order valence-electron chi connectivity index (χ0n) is 12.4. The van der Waals surface area contributed by atoms with Gasteiger partial charge in [-0.3, -0.25) is 9.78 Å². The zero-order chi connectivity index (χ0) is 15.5. The molecule has 1 atom stereocenters. The number of hydrogen-bond donors (Lipinski definition) is 1. The lowest BCUT2D eigenvalue weighted by atomic mass is 10.1. The van der Waals surface area contributed by atoms with Crippen molar-refractivity contribution in [3.05, 3.63) is 53.9 Å². The van der Waals surface area contributed by atoms with Gasteiger partial charge >= 0.3 is 0 Å². The molecule has 1 aromatic carbocycles. The predicted molar refractivity (Wildman–Crippen MR) is 82.0 cm³/mol. The van der Waals surface area contributed by atoms with Crippen molar-refractivity contribution in [1.29, 1.82) is 0 Å². The Morgan fingerprint density at radius 2 is 2.09 bits per heavy atom. The summed E-state index contributed by atoms with van der Waals surface area (Å²) in [4.78, 5) is 18.1. The van der Waals surface area contributed by atoms with E-state index in [4.69, 9.17) is 4.74 Å². The number of rotatable bonds is 3. The molecule has 1 aromatic heterocycles. The molecule has 2 heterocycles. The van der Waals surface area contributed by atoms with Gasteiger partial charge in [-0.15, -0.1) is 0 Å². The van der Waals surface area contributed by atoms with Crippen LogP contribution in [-0.2, 0) is 0 Å². The molecule has 2 aromatic rings. The number of carbonyl (C=O) groups excluding carboxylic acids is 1. The molecule has 0 saturated carbocycles. The first-order valence-corrected chi connectivity index (χ1v) is 7.29. The number of benzene rings is 1. The number of likely N-dealkylation sites (tertiary alicyclic amines) is 1. The molecule has 0 spiro atoms. The highest BCUT2D eigenvalue weighted by Crippen LogP contribution is 2.26. The molecule has 0 radical (unpaired) electrons. The minimum Gasteiger partial charge on any atom is -0.457 e. The number of pyridine rings is 1. The first-order valence-electron chi connectivity index (χ1n) is 7.29. The van der Waals surface area contributed by atoms with Crippen LogP contribution in [0.3, 0.4) is 0 Å². The highest BCUT2D eigenvalue weighted by atomic mass is 16.5. The smallest absolute Gasteiger partial charge is 0.254 e. The second-order valence-electron chi connectivity index (χ2n) is 5.46. The molecule has 1 aliphatic rings. The molecule has 1 amide bonds. The largest absolute Gasteiger partial charge is 0.457 e. The Balaban J connectivity index is 1.82. The van der Waals surface area contributed by atoms with Crippen molar-refractivity contribution < 1.29 is 14.6 Å². The Labute approximate surface area is 129 Å². The summed E-state index contributed by atoms with van der Waals surface area (Å²) in [6.07, 6.45) is 3.54. The molecule has 22 heavy (non-hydrogen) atoms. The summed E-state index contributed by atoms with van der Waals surface area (Å²) in [7, 11) is 0. The van der Waals surface area contributed by atoms with Gasteiger partial charge in [-0.2, -0.15) is 0 Å². The van der Waals surface area contributed by atoms with E-state index < -0.39 is 6.10 Å². The fourth-order valence-corrected chi connectivity index (χ4v) is 2.49. The van der Waals surface area contributed by atoms with Crippen LogP contribution < -0.4 is 4.74 Å². The number of aliphatic hydroxyl groups excluding tert-OH is 1. The van der Waals surface area contributed by atoms with E-state index in [9.17, 15) is 9.90 Å². The first kappa shape index (κ1) is 14.5. The van der Waals surface area contributed by atoms with Crippen LogP contribution >= 0.6 is 0 Å². The number of nitrogens with zero attached hydrogens (tertiary/aromatic N) is 2. The number of hydrogen-bond acceptors (Lipinski definition) is 4. The fraction of sp³-hybridized carbons (Fsp3) is 0.294. The normalized spacial score (nSPS) is 17.5. The predicted octanol–water partition coefficient (Wildman–Crippen LogP) is 2.39. The highest BCUT2D eigenvalue weighted by molar-refractivity contribution is 5.95. The Bertz CT molecular complexity index is 673. The molecule has 1 saturated heterocycles. The standard InChI is InChI=1S/C17H18N2O3/c1-12-2-3-13(17(21)19-9-6-14(20)11-19)10-16(12)22-15-4-7-18-8-5-15/h2-5,7-8,10,14,20H,6,9,11H2,1H3/t14-/m1/s1. The first-order chi connectivity index (χ1) is 10.6. The quantitative estimate of drug-likeness (QED) is 0.945. The van der Waals surface area contributed by atoms with E-state index in [1.165, 1.54) is 0 Å². The molecule has 1 fully saturated rings. The Hall–Kier alpha value is -2.40. The third kappa shape index (κ3) is 3.09. The molecule has 0 aliphatic carbocycles. The minimum absolute atomic E-state index is 0.0730. The van der Waals surface area contributed by atoms with Gasteiger partial charge in [0, 0.05) is 31.0 Å². The van der Waals surface area contributed by atoms with E-state index in [0.717, 1.165) is 5.56 Å². The van der Waals surface area contributed by atoms with Crippen molar-refractivity contribution in [3.8, 4) is 11.5 Å². The summed E-state index contributed by atoms with van der Waals surface area (Å²) < 4.78 is 5.82. The molecular weight excluding hydrogens is 280 g/mol. The average molecular weight is 298 g/mol. The van der Waals surface area contributed by atoms with Crippen LogP contribution in [0.4, 0.5) is 0 Å². The van der Waals surface area contributed by atoms with Crippen molar-refractivity contribution in [2.45, 2.75) is 19.4 Å². The summed E-state index contributed by atoms with van der Waals surface area (Å²) in [6.45, 7) is 2.92. The fourth-order valence-electron chi connectivity index (χ4n) is 2.49. The molecule has 114 valence electrons. The molecule has 5 nitrogen and oxygen atoms in total. The maximum absolute atomic E-state index is 12.5. The van der Waals surface area contributed by atoms with Gasteiger partial charge in [-0.05, 0) is 43.2 Å². The number of aliphatic hydroxyl groups is 1. The second kappa shape index (κ2) is 6.15. The van der Waals surface area contributed by atoms with Crippen molar-refractivity contribution in [2.24, 2.45) is 0 Å². The van der Waals surface area contributed by atoms with E-state index in [0.29, 0.717) is 36.6 Å². The Kier molecular flexibility index (Phi) is 4.06. The maximum atomic E-state index is 12.5. The lowest BCUT2D eigenvalue weighted by molar-refractivity contribution is 0.0764. The topological polar surface area (TPSA) is 62.7 Å². The van der Waals surface area contributed by atoms with Gasteiger partial charge in [0.15, 0.2) is 0 Å². The summed E-state index contributed by atoms with van der Waals surface area (Å²) in [5.74, 6) is 1.26. The van der Waals surface area contributed by atoms with Gasteiger partial charge in [0.25, 0.3) is 5.91 Å². The molecule has 5 heteroatoms. The lowest BCUT2D eigenvalue weighted by Crippen LogP contribution is -2.29. The SMILES string of the molecule is Cc1ccc(C(=O)N2CC[C@@H](O)C2)cc1Oc1ccncc1. The molecule has 1 N–H and O–H groups in total. The number of aromatic nitrogens is 1. The zero-order valence-corrected chi connectivity index (χ0v) is 12.4. The van der Waals surface area contributed by atoms with Crippen LogP contribution in [0, 0.1) is 6.92 Å². The van der Waals surface area contributed by atoms with Crippen LogP contribution in [0.25, 0.3) is 0 Å². The van der Waals surface area contributed by atoms with Crippen LogP contribution in [-0.4, -0.2) is 40.1 Å². The van der Waals surface area contributed by atoms with E-state index >= 15 is 0 Å². The number of β-amino-alcohol motifs (C(OH)–C–C–N with tert-alkyl or cyclic N) is 1. The number of ether oxygens (including phenoxy) is 1. The molecular formula is C17H18N2O3. The summed E-state index contributed by atoms with van der Waals surface area (Å²) >= 11 is 0. The second-order valence-corrected chi connectivity index (χ2v) is 5.46. The van der Waals surface area contributed by atoms with Crippen LogP contribution in [0.5, 0.6) is 11.5 Å². The summed E-state index contributed by atoms with van der Waals surface area (Å²) in [5.41, 5.74) is 1.53. The van der Waals surface area contributed by atoms with Gasteiger partial charge in [0.2, 0.25) is 0 Å². The van der Waals surface area contributed by atoms with E-state index in [-0.39, 0.29) is 5.91 Å². The average Bonchev–Trinajstić information content (AvgIpc) is 2.96. The molecule has 0 unspecified atom stereocenters. The van der Waals surface area contributed by atoms with E-state index in [1.807, 2.05) is 13.0 Å². The van der Waals surface area contributed by atoms with Crippen molar-refractivity contribution in [2.75, 3.05) is 13.1 Å². The van der Waals surface area contributed by atoms with E-state index in [1.54, 1.807) is 41.6 Å². The van der Waals surface area contributed by atoms with Crippen molar-refractivity contribution >= 4 is 5.91 Å². The lowest BCUT2D eigenvalue weighted by Gasteiger charge is -2.17. The van der Waals surface area contributed by atoms with Crippen LogP contribution in [0.15, 0.2) is 42.7 Å². The number of amides is 1. The van der Waals surface area contributed by atoms with E-state index in [2.05, 4.69) is 4.98 Å². The van der Waals surface area contributed by atoms with Crippen LogP contribution in [0.2, 0.25) is 0 Å². The third-order valence-corrected chi connectivity index (χ3v) is 3.76. The Morgan fingerprint density at radius 3 is 2.77 bits per heavy atom. The Morgan fingerprint density at radius 1 is 1.32 bits per heavy atom. The monoisotopic (exact) mass is 298 g/mol. The minimum atomic E-state index is -0.415. The maximum Gasteiger partial charge on any atom is 0.254 e. The van der Waals surface area contributed by atoms with Gasteiger partial charge < -0.3 is 14.7 Å². The summed E-state index contributed by atoms with van der Waals surface area (Å²) in [5, 5.41) is 9.56. The van der Waals surface area contributed by atoms with Crippen molar-refractivity contribution in [3.63, 3.8) is 0 Å². The molecule has 0 bridgehead atoms. The molecule has 1 aliphatic heterocycles.